The molecule has 0 aromatic heterocycles. The number of quaternary nitrogens is 1. The van der Waals surface area contributed by atoms with Crippen LogP contribution in [0.2, 0.25) is 0 Å². The molecule has 1 aromatic carbocycles. The molecule has 1 aromatic rings. The second-order valence-corrected chi connectivity index (χ2v) is 8.01. The lowest BCUT2D eigenvalue weighted by atomic mass is 10.2. The first-order chi connectivity index (χ1) is 10.4. The number of carbonyl (C=O) groups is 1. The number of hydrogen-bond acceptors (Lipinski definition) is 3. The first kappa shape index (κ1) is 15.5. The van der Waals surface area contributed by atoms with Gasteiger partial charge in [0, 0.05) is 19.2 Å². The molecule has 0 spiro atoms. The molecular weight excluding hydrogens is 302 g/mol. The van der Waals surface area contributed by atoms with Gasteiger partial charge in [-0.2, -0.15) is 4.31 Å². The summed E-state index contributed by atoms with van der Waals surface area (Å²) in [4.78, 5) is 15.0. The van der Waals surface area contributed by atoms with Gasteiger partial charge in [0.05, 0.1) is 38.1 Å². The smallest absolute Gasteiger partial charge is 0.243 e. The predicted molar refractivity (Wildman–Crippen MR) is 83.6 cm³/mol. The van der Waals surface area contributed by atoms with E-state index in [1.54, 1.807) is 21.3 Å². The summed E-state index contributed by atoms with van der Waals surface area (Å²) >= 11 is 0. The highest BCUT2D eigenvalue weighted by atomic mass is 32.2. The van der Waals surface area contributed by atoms with Crippen LogP contribution in [0.3, 0.4) is 0 Å². The van der Waals surface area contributed by atoms with Gasteiger partial charge in [0.2, 0.25) is 15.9 Å². The normalized spacial score (nSPS) is 20.2. The highest BCUT2D eigenvalue weighted by Gasteiger charge is 2.31. The summed E-state index contributed by atoms with van der Waals surface area (Å²) in [6, 6.07) is 5.17. The maximum Gasteiger partial charge on any atom is 0.243 e. The van der Waals surface area contributed by atoms with Crippen molar-refractivity contribution in [3.8, 4) is 0 Å². The van der Waals surface area contributed by atoms with Gasteiger partial charge >= 0.3 is 0 Å². The molecule has 1 amide bonds. The average Bonchev–Trinajstić information content (AvgIpc) is 2.90. The first-order valence-electron chi connectivity index (χ1n) is 7.62. The highest BCUT2D eigenvalue weighted by Crippen LogP contribution is 2.31. The van der Waals surface area contributed by atoms with Gasteiger partial charge in [-0.3, -0.25) is 4.79 Å². The van der Waals surface area contributed by atoms with E-state index in [-0.39, 0.29) is 5.91 Å². The fourth-order valence-corrected chi connectivity index (χ4v) is 4.57. The van der Waals surface area contributed by atoms with Gasteiger partial charge in [0.25, 0.3) is 0 Å². The SMILES string of the molecule is CC(=O)N1CCc2ccc(S(=O)(=O)N3CC[NH+](C)CC3)cc21. The molecule has 22 heavy (non-hydrogen) atoms. The molecule has 6 nitrogen and oxygen atoms in total. The van der Waals surface area contributed by atoms with Crippen molar-refractivity contribution in [1.29, 1.82) is 0 Å². The van der Waals surface area contributed by atoms with Crippen molar-refractivity contribution >= 4 is 21.6 Å². The summed E-state index contributed by atoms with van der Waals surface area (Å²) in [7, 11) is -1.40. The van der Waals surface area contributed by atoms with Crippen molar-refractivity contribution in [2.75, 3.05) is 44.7 Å². The van der Waals surface area contributed by atoms with Crippen molar-refractivity contribution in [2.24, 2.45) is 0 Å². The van der Waals surface area contributed by atoms with E-state index in [2.05, 4.69) is 7.05 Å². The topological polar surface area (TPSA) is 62.1 Å². The van der Waals surface area contributed by atoms with Crippen LogP contribution >= 0.6 is 0 Å². The Morgan fingerprint density at radius 3 is 2.50 bits per heavy atom. The largest absolute Gasteiger partial charge is 0.335 e. The standard InChI is InChI=1S/C15H21N3O3S/c1-12(19)18-6-5-13-3-4-14(11-15(13)18)22(20,21)17-9-7-16(2)8-10-17/h3-4,11H,5-10H2,1-2H3/p+1. The minimum Gasteiger partial charge on any atom is -0.335 e. The van der Waals surface area contributed by atoms with Crippen LogP contribution in [0.25, 0.3) is 0 Å². The van der Waals surface area contributed by atoms with Gasteiger partial charge in [0.15, 0.2) is 0 Å². The molecule has 1 N–H and O–H groups in total. The van der Waals surface area contributed by atoms with Crippen LogP contribution in [0.15, 0.2) is 23.1 Å². The Labute approximate surface area is 131 Å². The van der Waals surface area contributed by atoms with Crippen LogP contribution in [-0.4, -0.2) is 58.4 Å². The summed E-state index contributed by atoms with van der Waals surface area (Å²) in [6.45, 7) is 4.88. The number of rotatable bonds is 2. The molecule has 3 rings (SSSR count). The Kier molecular flexibility index (Phi) is 3.96. The van der Waals surface area contributed by atoms with Gasteiger partial charge in [-0.05, 0) is 24.1 Å². The van der Waals surface area contributed by atoms with Crippen LogP contribution in [0, 0.1) is 0 Å². The van der Waals surface area contributed by atoms with Crippen LogP contribution in [0.4, 0.5) is 5.69 Å². The number of fused-ring (bicyclic) bond motifs is 1. The Hall–Kier alpha value is -1.44. The number of nitrogens with one attached hydrogen (secondary N) is 1. The van der Waals surface area contributed by atoms with E-state index in [4.69, 9.17) is 0 Å². The molecular formula is C15H22N3O3S+. The lowest BCUT2D eigenvalue weighted by molar-refractivity contribution is -0.883. The summed E-state index contributed by atoms with van der Waals surface area (Å²) in [5.41, 5.74) is 1.78. The molecule has 1 fully saturated rings. The Balaban J connectivity index is 1.92. The molecule has 0 saturated carbocycles. The van der Waals surface area contributed by atoms with Crippen LogP contribution in [-0.2, 0) is 21.2 Å². The van der Waals surface area contributed by atoms with Crippen molar-refractivity contribution < 1.29 is 18.1 Å². The van der Waals surface area contributed by atoms with Gasteiger partial charge in [-0.1, -0.05) is 6.07 Å². The Morgan fingerprint density at radius 1 is 1.18 bits per heavy atom. The molecule has 0 atom stereocenters. The predicted octanol–water partition coefficient (Wildman–Crippen LogP) is -0.885. The Morgan fingerprint density at radius 2 is 1.86 bits per heavy atom. The molecule has 0 bridgehead atoms. The third-order valence-electron chi connectivity index (χ3n) is 4.55. The summed E-state index contributed by atoms with van der Waals surface area (Å²) < 4.78 is 27.1. The minimum absolute atomic E-state index is 0.0449. The van der Waals surface area contributed by atoms with Gasteiger partial charge < -0.3 is 9.80 Å². The van der Waals surface area contributed by atoms with Crippen molar-refractivity contribution in [3.63, 3.8) is 0 Å². The van der Waals surface area contributed by atoms with Crippen molar-refractivity contribution in [3.05, 3.63) is 23.8 Å². The zero-order chi connectivity index (χ0) is 15.9. The van der Waals surface area contributed by atoms with Crippen LogP contribution in [0.1, 0.15) is 12.5 Å². The number of nitrogens with zero attached hydrogens (tertiary/aromatic N) is 2. The van der Waals surface area contributed by atoms with Gasteiger partial charge in [0.1, 0.15) is 0 Å². The third-order valence-corrected chi connectivity index (χ3v) is 6.44. The lowest BCUT2D eigenvalue weighted by Gasteiger charge is -2.29. The molecule has 0 unspecified atom stereocenters. The molecule has 1 saturated heterocycles. The fraction of sp³-hybridized carbons (Fsp3) is 0.533. The molecule has 2 aliphatic rings. The summed E-state index contributed by atoms with van der Waals surface area (Å²) in [6.07, 6.45) is 0.785. The summed E-state index contributed by atoms with van der Waals surface area (Å²) in [5.74, 6) is -0.0449. The number of amides is 1. The molecule has 2 heterocycles. The van der Waals surface area contributed by atoms with Crippen LogP contribution < -0.4 is 9.80 Å². The quantitative estimate of drug-likeness (QED) is 0.768. The second-order valence-electron chi connectivity index (χ2n) is 6.07. The van der Waals surface area contributed by atoms with Crippen LogP contribution in [0.5, 0.6) is 0 Å². The van der Waals surface area contributed by atoms with E-state index in [0.29, 0.717) is 24.5 Å². The zero-order valence-corrected chi connectivity index (χ0v) is 13.8. The van der Waals surface area contributed by atoms with Gasteiger partial charge in [-0.25, -0.2) is 8.42 Å². The number of benzene rings is 1. The van der Waals surface area contributed by atoms with Gasteiger partial charge in [-0.15, -0.1) is 0 Å². The summed E-state index contributed by atoms with van der Waals surface area (Å²) in [5, 5.41) is 0. The number of piperazine rings is 1. The number of hydrogen-bond donors (Lipinski definition) is 1. The fourth-order valence-electron chi connectivity index (χ4n) is 3.10. The number of likely N-dealkylation sites (N-methyl/N-ethyl adjacent to an activating group) is 1. The second kappa shape index (κ2) is 5.64. The first-order valence-corrected chi connectivity index (χ1v) is 9.06. The molecule has 0 radical (unpaired) electrons. The van der Waals surface area contributed by atoms with Crippen molar-refractivity contribution in [1.82, 2.24) is 4.31 Å². The highest BCUT2D eigenvalue weighted by molar-refractivity contribution is 7.89. The monoisotopic (exact) mass is 324 g/mol. The van der Waals surface area contributed by atoms with E-state index in [0.717, 1.165) is 30.8 Å². The van der Waals surface area contributed by atoms with Crippen molar-refractivity contribution in [2.45, 2.75) is 18.2 Å². The van der Waals surface area contributed by atoms with E-state index in [9.17, 15) is 13.2 Å². The minimum atomic E-state index is -3.47. The number of anilines is 1. The third kappa shape index (κ3) is 2.64. The van der Waals surface area contributed by atoms with E-state index < -0.39 is 10.0 Å². The number of carbonyl (C=O) groups excluding carboxylic acids is 1. The lowest BCUT2D eigenvalue weighted by Crippen LogP contribution is -3.12. The maximum absolute atomic E-state index is 12.8. The number of sulfonamides is 1. The Bertz CT molecular complexity index is 694. The maximum atomic E-state index is 12.8. The molecule has 2 aliphatic heterocycles. The van der Waals surface area contributed by atoms with E-state index >= 15 is 0 Å². The molecule has 7 heteroatoms. The zero-order valence-electron chi connectivity index (χ0n) is 13.0. The average molecular weight is 324 g/mol. The van der Waals surface area contributed by atoms with E-state index in [1.165, 1.54) is 11.8 Å². The molecule has 120 valence electrons. The molecule has 0 aliphatic carbocycles. The van der Waals surface area contributed by atoms with E-state index in [1.807, 2.05) is 6.07 Å².